The topological polar surface area (TPSA) is 38.3 Å². The molecule has 0 bridgehead atoms. The molecule has 0 aliphatic carbocycles. The standard InChI is InChI=1S/C22H21NO2/c1-2-17-10-14-20(15-11-17)23-22(24)19-12-8-18(9-13-19)16-25-21-6-4-3-5-7-21/h3-15H,2,16H2,1H3,(H,23,24). The Labute approximate surface area is 148 Å². The van der Waals surface area contributed by atoms with E-state index in [4.69, 9.17) is 4.74 Å². The summed E-state index contributed by atoms with van der Waals surface area (Å²) in [6.07, 6.45) is 0.987. The van der Waals surface area contributed by atoms with Crippen molar-refractivity contribution in [2.24, 2.45) is 0 Å². The molecule has 1 N–H and O–H groups in total. The quantitative estimate of drug-likeness (QED) is 0.684. The predicted octanol–water partition coefficient (Wildman–Crippen LogP) is 5.08. The van der Waals surface area contributed by atoms with Crippen molar-refractivity contribution in [1.29, 1.82) is 0 Å². The van der Waals surface area contributed by atoms with Crippen molar-refractivity contribution in [1.82, 2.24) is 0 Å². The number of hydrogen-bond acceptors (Lipinski definition) is 2. The number of carbonyl (C=O) groups excluding carboxylic acids is 1. The summed E-state index contributed by atoms with van der Waals surface area (Å²) in [4.78, 5) is 12.3. The molecule has 3 rings (SSSR count). The number of rotatable bonds is 6. The number of para-hydroxylation sites is 1. The van der Waals surface area contributed by atoms with Gasteiger partial charge < -0.3 is 10.1 Å². The molecule has 0 aliphatic heterocycles. The molecule has 3 aromatic carbocycles. The first-order valence-electron chi connectivity index (χ1n) is 8.41. The molecule has 0 saturated carbocycles. The van der Waals surface area contributed by atoms with Crippen LogP contribution in [0.2, 0.25) is 0 Å². The molecule has 0 atom stereocenters. The van der Waals surface area contributed by atoms with E-state index >= 15 is 0 Å². The number of anilines is 1. The maximum absolute atomic E-state index is 12.3. The monoisotopic (exact) mass is 331 g/mol. The first-order valence-corrected chi connectivity index (χ1v) is 8.41. The summed E-state index contributed by atoms with van der Waals surface area (Å²) < 4.78 is 5.71. The zero-order valence-corrected chi connectivity index (χ0v) is 14.2. The maximum Gasteiger partial charge on any atom is 0.255 e. The van der Waals surface area contributed by atoms with Crippen LogP contribution < -0.4 is 10.1 Å². The fourth-order valence-corrected chi connectivity index (χ4v) is 2.46. The summed E-state index contributed by atoms with van der Waals surface area (Å²) in [5, 5.41) is 2.92. The Morgan fingerprint density at radius 1 is 0.840 bits per heavy atom. The molecule has 1 amide bonds. The van der Waals surface area contributed by atoms with Crippen molar-refractivity contribution < 1.29 is 9.53 Å². The van der Waals surface area contributed by atoms with Gasteiger partial charge in [0.05, 0.1) is 0 Å². The second kappa shape index (κ2) is 8.15. The van der Waals surface area contributed by atoms with Crippen LogP contribution in [0.4, 0.5) is 5.69 Å². The smallest absolute Gasteiger partial charge is 0.255 e. The van der Waals surface area contributed by atoms with Crippen molar-refractivity contribution in [2.75, 3.05) is 5.32 Å². The zero-order valence-electron chi connectivity index (χ0n) is 14.2. The summed E-state index contributed by atoms with van der Waals surface area (Å²) in [6.45, 7) is 2.58. The Kier molecular flexibility index (Phi) is 5.47. The highest BCUT2D eigenvalue weighted by atomic mass is 16.5. The largest absolute Gasteiger partial charge is 0.489 e. The SMILES string of the molecule is CCc1ccc(NC(=O)c2ccc(COc3ccccc3)cc2)cc1. The highest BCUT2D eigenvalue weighted by Crippen LogP contribution is 2.14. The molecule has 0 aliphatic rings. The number of carbonyl (C=O) groups is 1. The fraction of sp³-hybridized carbons (Fsp3) is 0.136. The van der Waals surface area contributed by atoms with Crippen LogP contribution in [0.25, 0.3) is 0 Å². The van der Waals surface area contributed by atoms with E-state index in [1.54, 1.807) is 0 Å². The molecule has 3 nitrogen and oxygen atoms in total. The van der Waals surface area contributed by atoms with Gasteiger partial charge in [-0.05, 0) is 53.9 Å². The van der Waals surface area contributed by atoms with Crippen LogP contribution in [0.1, 0.15) is 28.4 Å². The number of hydrogen-bond donors (Lipinski definition) is 1. The summed E-state index contributed by atoms with van der Waals surface area (Å²) in [5.74, 6) is 0.722. The lowest BCUT2D eigenvalue weighted by Gasteiger charge is -2.08. The molecule has 0 aromatic heterocycles. The molecular formula is C22H21NO2. The van der Waals surface area contributed by atoms with Gasteiger partial charge in [0, 0.05) is 11.3 Å². The molecule has 0 saturated heterocycles. The summed E-state index contributed by atoms with van der Waals surface area (Å²) in [5.41, 5.74) is 3.70. The first kappa shape index (κ1) is 16.8. The molecular weight excluding hydrogens is 310 g/mol. The Hall–Kier alpha value is -3.07. The summed E-state index contributed by atoms with van der Waals surface area (Å²) >= 11 is 0. The lowest BCUT2D eigenvalue weighted by molar-refractivity contribution is 0.102. The van der Waals surface area contributed by atoms with Crippen LogP contribution in [0.3, 0.4) is 0 Å². The minimum Gasteiger partial charge on any atom is -0.489 e. The molecule has 25 heavy (non-hydrogen) atoms. The van der Waals surface area contributed by atoms with Gasteiger partial charge >= 0.3 is 0 Å². The van der Waals surface area contributed by atoms with Gasteiger partial charge in [0.15, 0.2) is 0 Å². The molecule has 0 fully saturated rings. The highest BCUT2D eigenvalue weighted by molar-refractivity contribution is 6.04. The van der Waals surface area contributed by atoms with Gasteiger partial charge in [0.25, 0.3) is 5.91 Å². The van der Waals surface area contributed by atoms with E-state index in [0.717, 1.165) is 23.4 Å². The van der Waals surface area contributed by atoms with E-state index in [2.05, 4.69) is 12.2 Å². The average Bonchev–Trinajstić information content (AvgIpc) is 2.68. The molecule has 126 valence electrons. The van der Waals surface area contributed by atoms with Gasteiger partial charge in [-0.25, -0.2) is 0 Å². The second-order valence-corrected chi connectivity index (χ2v) is 5.80. The fourth-order valence-electron chi connectivity index (χ4n) is 2.46. The summed E-state index contributed by atoms with van der Waals surface area (Å²) in [7, 11) is 0. The Morgan fingerprint density at radius 3 is 2.12 bits per heavy atom. The van der Waals surface area contributed by atoms with Crippen molar-refractivity contribution in [3.63, 3.8) is 0 Å². The molecule has 3 aromatic rings. The third kappa shape index (κ3) is 4.70. The normalized spacial score (nSPS) is 10.3. The van der Waals surface area contributed by atoms with Gasteiger partial charge in [-0.1, -0.05) is 49.4 Å². The third-order valence-electron chi connectivity index (χ3n) is 3.98. The van der Waals surface area contributed by atoms with E-state index in [1.807, 2.05) is 78.9 Å². The number of nitrogens with one attached hydrogen (secondary N) is 1. The van der Waals surface area contributed by atoms with Crippen LogP contribution in [0.5, 0.6) is 5.75 Å². The van der Waals surface area contributed by atoms with Crippen molar-refractivity contribution in [3.05, 3.63) is 95.6 Å². The first-order chi connectivity index (χ1) is 12.2. The van der Waals surface area contributed by atoms with Gasteiger partial charge in [-0.2, -0.15) is 0 Å². The summed E-state index contributed by atoms with van der Waals surface area (Å²) in [6, 6.07) is 25.1. The lowest BCUT2D eigenvalue weighted by Crippen LogP contribution is -2.11. The number of amides is 1. The molecule has 0 heterocycles. The van der Waals surface area contributed by atoms with Crippen LogP contribution in [-0.4, -0.2) is 5.91 Å². The van der Waals surface area contributed by atoms with Gasteiger partial charge in [0.1, 0.15) is 12.4 Å². The van der Waals surface area contributed by atoms with Crippen LogP contribution >= 0.6 is 0 Å². The average molecular weight is 331 g/mol. The number of benzene rings is 3. The Bertz CT molecular complexity index is 809. The molecule has 0 radical (unpaired) electrons. The minimum absolute atomic E-state index is 0.111. The van der Waals surface area contributed by atoms with E-state index in [9.17, 15) is 4.79 Å². The van der Waals surface area contributed by atoms with Crippen molar-refractivity contribution in [2.45, 2.75) is 20.0 Å². The zero-order chi connectivity index (χ0) is 17.5. The Morgan fingerprint density at radius 2 is 1.48 bits per heavy atom. The van der Waals surface area contributed by atoms with Crippen LogP contribution in [0.15, 0.2) is 78.9 Å². The van der Waals surface area contributed by atoms with E-state index < -0.39 is 0 Å². The molecule has 0 spiro atoms. The van der Waals surface area contributed by atoms with Crippen molar-refractivity contribution >= 4 is 11.6 Å². The molecule has 0 unspecified atom stereocenters. The molecule has 3 heteroatoms. The number of ether oxygens (including phenoxy) is 1. The Balaban J connectivity index is 1.58. The maximum atomic E-state index is 12.3. The third-order valence-corrected chi connectivity index (χ3v) is 3.98. The lowest BCUT2D eigenvalue weighted by atomic mass is 10.1. The predicted molar refractivity (Wildman–Crippen MR) is 101 cm³/mol. The van der Waals surface area contributed by atoms with Crippen molar-refractivity contribution in [3.8, 4) is 5.75 Å². The van der Waals surface area contributed by atoms with E-state index in [-0.39, 0.29) is 5.91 Å². The number of aryl methyl sites for hydroxylation is 1. The van der Waals surface area contributed by atoms with Crippen LogP contribution in [-0.2, 0) is 13.0 Å². The van der Waals surface area contributed by atoms with Crippen LogP contribution in [0, 0.1) is 0 Å². The highest BCUT2D eigenvalue weighted by Gasteiger charge is 2.06. The minimum atomic E-state index is -0.111. The second-order valence-electron chi connectivity index (χ2n) is 5.80. The van der Waals surface area contributed by atoms with Gasteiger partial charge in [0.2, 0.25) is 0 Å². The van der Waals surface area contributed by atoms with E-state index in [1.165, 1.54) is 5.56 Å². The van der Waals surface area contributed by atoms with Gasteiger partial charge in [-0.3, -0.25) is 4.79 Å². The van der Waals surface area contributed by atoms with Gasteiger partial charge in [-0.15, -0.1) is 0 Å². The van der Waals surface area contributed by atoms with E-state index in [0.29, 0.717) is 12.2 Å².